The van der Waals surface area contributed by atoms with Crippen LogP contribution >= 0.6 is 0 Å². The molecule has 0 atom stereocenters. The first-order valence-electron chi connectivity index (χ1n) is 2.59. The Labute approximate surface area is 55.7 Å². The number of rotatable bonds is 0. The zero-order valence-corrected chi connectivity index (χ0v) is 6.85. The molecule has 0 unspecified atom stereocenters. The molecule has 0 saturated heterocycles. The Morgan fingerprint density at radius 1 is 1.75 bits per heavy atom. The molecule has 0 saturated carbocycles. The first-order chi connectivity index (χ1) is 3.60. The summed E-state index contributed by atoms with van der Waals surface area (Å²) in [7, 11) is 0. The van der Waals surface area contributed by atoms with Crippen molar-refractivity contribution in [1.29, 1.82) is 0 Å². The van der Waals surface area contributed by atoms with Crippen LogP contribution in [0.5, 0.6) is 0 Å². The number of hydrogen-bond donors (Lipinski definition) is 1. The van der Waals surface area contributed by atoms with E-state index in [1.165, 1.54) is 0 Å². The predicted molar refractivity (Wildman–Crippen MR) is 36.3 cm³/mol. The Kier molecular flexibility index (Phi) is 1.33. The van der Waals surface area contributed by atoms with Gasteiger partial charge in [-0.1, -0.05) is 0 Å². The van der Waals surface area contributed by atoms with Crippen molar-refractivity contribution in [3.8, 4) is 0 Å². The van der Waals surface area contributed by atoms with Crippen LogP contribution in [-0.4, -0.2) is 26.2 Å². The van der Waals surface area contributed by atoms with E-state index >= 15 is 0 Å². The molecule has 0 fully saturated rings. The van der Waals surface area contributed by atoms with Crippen LogP contribution in [0.1, 0.15) is 13.8 Å². The van der Waals surface area contributed by atoms with Gasteiger partial charge in [0.15, 0.2) is 0 Å². The van der Waals surface area contributed by atoms with Gasteiger partial charge in [-0.25, -0.2) is 0 Å². The summed E-state index contributed by atoms with van der Waals surface area (Å²) in [6.07, 6.45) is 0. The molecule has 0 aromatic rings. The summed E-state index contributed by atoms with van der Waals surface area (Å²) in [5.41, 5.74) is 5.49. The third kappa shape index (κ3) is 1.23. The van der Waals surface area contributed by atoms with E-state index in [1.54, 1.807) is 0 Å². The second-order valence-electron chi connectivity index (χ2n) is 2.52. The average molecular weight is 177 g/mol. The van der Waals surface area contributed by atoms with Gasteiger partial charge in [0.05, 0.1) is 0 Å². The Hall–Kier alpha value is -0.0105. The maximum absolute atomic E-state index is 5.49. The number of nitrogens with two attached hydrogens (primary N) is 1. The zero-order chi connectivity index (χ0) is 6.20. The molecule has 1 rings (SSSR count). The first kappa shape index (κ1) is 6.11. The topological polar surface area (TPSA) is 38.4 Å². The van der Waals surface area contributed by atoms with Crippen molar-refractivity contribution in [2.45, 2.75) is 18.2 Å². The van der Waals surface area contributed by atoms with Gasteiger partial charge in [-0.15, -0.1) is 0 Å². The minimum atomic E-state index is 0.400. The van der Waals surface area contributed by atoms with E-state index in [-0.39, 0.29) is 0 Å². The van der Waals surface area contributed by atoms with Crippen molar-refractivity contribution >= 4 is 19.7 Å². The van der Waals surface area contributed by atoms with Gasteiger partial charge in [-0.05, 0) is 0 Å². The number of nitrogens with zero attached hydrogens (tertiary/aromatic N) is 1. The minimum absolute atomic E-state index is 0.400. The van der Waals surface area contributed by atoms with E-state index in [9.17, 15) is 0 Å². The van der Waals surface area contributed by atoms with E-state index < -0.39 is 0 Å². The summed E-state index contributed by atoms with van der Waals surface area (Å²) in [5, 5.41) is 0. The fraction of sp³-hybridized carbons (Fsp3) is 0.800. The standard InChI is InChI=1S/C5H10N2Se/c1-5(2)3-7-4(6)8-5/h3H2,1-2H3,(H2,6,7). The van der Waals surface area contributed by atoms with Crippen LogP contribution in [0.2, 0.25) is 4.31 Å². The molecule has 8 heavy (non-hydrogen) atoms. The van der Waals surface area contributed by atoms with Crippen LogP contribution in [0.25, 0.3) is 0 Å². The van der Waals surface area contributed by atoms with Crippen molar-refractivity contribution in [3.05, 3.63) is 0 Å². The number of aliphatic imine (C=N–C) groups is 1. The second-order valence-corrected chi connectivity index (χ2v) is 6.14. The molecule has 2 N–H and O–H groups in total. The van der Waals surface area contributed by atoms with Crippen LogP contribution in [-0.2, 0) is 0 Å². The Balaban J connectivity index is 2.55. The summed E-state index contributed by atoms with van der Waals surface area (Å²) in [6, 6.07) is 0. The van der Waals surface area contributed by atoms with Gasteiger partial charge in [0.2, 0.25) is 0 Å². The van der Waals surface area contributed by atoms with E-state index in [0.29, 0.717) is 19.3 Å². The summed E-state index contributed by atoms with van der Waals surface area (Å²) in [4.78, 5) is 4.11. The average Bonchev–Trinajstić information content (AvgIpc) is 1.82. The predicted octanol–water partition coefficient (Wildman–Crippen LogP) is 0.217. The van der Waals surface area contributed by atoms with E-state index in [1.807, 2.05) is 0 Å². The molecular weight excluding hydrogens is 167 g/mol. The zero-order valence-electron chi connectivity index (χ0n) is 5.14. The summed E-state index contributed by atoms with van der Waals surface area (Å²) >= 11 is 0.451. The fourth-order valence-corrected chi connectivity index (χ4v) is 2.35. The molecule has 1 aliphatic heterocycles. The molecular formula is C5H10N2Se. The first-order valence-corrected chi connectivity index (χ1v) is 4.30. The SMILES string of the molecule is CC1(C)CN=C(N)[Se]1. The Morgan fingerprint density at radius 2 is 2.38 bits per heavy atom. The third-order valence-electron chi connectivity index (χ3n) is 0.997. The van der Waals surface area contributed by atoms with E-state index in [0.717, 1.165) is 11.3 Å². The van der Waals surface area contributed by atoms with Crippen molar-refractivity contribution in [2.24, 2.45) is 10.7 Å². The van der Waals surface area contributed by atoms with Gasteiger partial charge in [0, 0.05) is 0 Å². The van der Waals surface area contributed by atoms with E-state index in [4.69, 9.17) is 5.73 Å². The van der Waals surface area contributed by atoms with Crippen LogP contribution in [0.15, 0.2) is 4.99 Å². The molecule has 0 aromatic carbocycles. The molecule has 0 bridgehead atoms. The van der Waals surface area contributed by atoms with Gasteiger partial charge in [-0.3, -0.25) is 0 Å². The monoisotopic (exact) mass is 178 g/mol. The van der Waals surface area contributed by atoms with Crippen molar-refractivity contribution in [1.82, 2.24) is 0 Å². The Bertz CT molecular complexity index is 128. The Morgan fingerprint density at radius 3 is 2.50 bits per heavy atom. The second kappa shape index (κ2) is 1.74. The van der Waals surface area contributed by atoms with Crippen molar-refractivity contribution < 1.29 is 0 Å². The molecule has 2 nitrogen and oxygen atoms in total. The summed E-state index contributed by atoms with van der Waals surface area (Å²) in [6.45, 7) is 5.34. The van der Waals surface area contributed by atoms with Crippen LogP contribution < -0.4 is 5.73 Å². The van der Waals surface area contributed by atoms with Gasteiger partial charge in [-0.2, -0.15) is 0 Å². The molecule has 0 aliphatic carbocycles. The normalized spacial score (nSPS) is 25.5. The number of hydrogen-bond acceptors (Lipinski definition) is 2. The maximum atomic E-state index is 5.49. The van der Waals surface area contributed by atoms with Crippen LogP contribution in [0.3, 0.4) is 0 Å². The van der Waals surface area contributed by atoms with Crippen molar-refractivity contribution in [2.75, 3.05) is 6.54 Å². The van der Waals surface area contributed by atoms with Crippen molar-refractivity contribution in [3.63, 3.8) is 0 Å². The molecule has 1 heterocycles. The molecule has 0 radical (unpaired) electrons. The fourth-order valence-electron chi connectivity index (χ4n) is 0.616. The molecule has 46 valence electrons. The molecule has 0 amide bonds. The summed E-state index contributed by atoms with van der Waals surface area (Å²) in [5.74, 6) is 0. The van der Waals surface area contributed by atoms with Gasteiger partial charge in [0.1, 0.15) is 0 Å². The van der Waals surface area contributed by atoms with E-state index in [2.05, 4.69) is 18.8 Å². The van der Waals surface area contributed by atoms with Gasteiger partial charge >= 0.3 is 55.1 Å². The molecule has 0 spiro atoms. The third-order valence-corrected chi connectivity index (χ3v) is 3.14. The molecule has 0 aromatic heterocycles. The molecule has 1 aliphatic rings. The van der Waals surface area contributed by atoms with Gasteiger partial charge in [0.25, 0.3) is 0 Å². The van der Waals surface area contributed by atoms with Crippen LogP contribution in [0, 0.1) is 0 Å². The number of amidine groups is 1. The van der Waals surface area contributed by atoms with Crippen LogP contribution in [0.4, 0.5) is 0 Å². The summed E-state index contributed by atoms with van der Waals surface area (Å²) < 4.78 is 1.28. The van der Waals surface area contributed by atoms with Gasteiger partial charge < -0.3 is 0 Å². The quantitative estimate of drug-likeness (QED) is 0.528. The molecule has 3 heteroatoms.